The molecule has 0 spiro atoms. The number of nitrogens with two attached hydrogens (primary N) is 1. The molecule has 0 radical (unpaired) electrons. The second kappa shape index (κ2) is 6.28. The van der Waals surface area contributed by atoms with E-state index < -0.39 is 0 Å². The second-order valence-corrected chi connectivity index (χ2v) is 6.56. The average molecular weight is 272 g/mol. The van der Waals surface area contributed by atoms with E-state index in [2.05, 4.69) is 36.1 Å². The highest BCUT2D eigenvalue weighted by molar-refractivity contribution is 5.31. The van der Waals surface area contributed by atoms with Crippen LogP contribution in [0.4, 0.5) is 0 Å². The Labute approximate surface area is 123 Å². The van der Waals surface area contributed by atoms with Gasteiger partial charge in [-0.3, -0.25) is 4.90 Å². The molecule has 20 heavy (non-hydrogen) atoms. The van der Waals surface area contributed by atoms with Crippen molar-refractivity contribution in [3.8, 4) is 0 Å². The third kappa shape index (κ3) is 2.91. The van der Waals surface area contributed by atoms with Gasteiger partial charge in [0.15, 0.2) is 0 Å². The molecule has 1 saturated heterocycles. The topological polar surface area (TPSA) is 29.3 Å². The van der Waals surface area contributed by atoms with Crippen LogP contribution in [0.2, 0.25) is 0 Å². The van der Waals surface area contributed by atoms with Crippen molar-refractivity contribution < 1.29 is 0 Å². The molecule has 1 aromatic carbocycles. The van der Waals surface area contributed by atoms with Crippen LogP contribution >= 0.6 is 0 Å². The molecule has 1 aliphatic carbocycles. The number of rotatable bonds is 5. The van der Waals surface area contributed by atoms with Gasteiger partial charge in [0.25, 0.3) is 0 Å². The van der Waals surface area contributed by atoms with Crippen LogP contribution in [0, 0.1) is 5.92 Å². The largest absolute Gasteiger partial charge is 0.330 e. The summed E-state index contributed by atoms with van der Waals surface area (Å²) in [6.45, 7) is 5.54. The quantitative estimate of drug-likeness (QED) is 0.886. The molecule has 2 nitrogen and oxygen atoms in total. The Balaban J connectivity index is 1.87. The Hall–Kier alpha value is -0.860. The molecule has 2 atom stereocenters. The molecule has 3 rings (SSSR count). The van der Waals surface area contributed by atoms with Crippen LogP contribution in [0.5, 0.6) is 0 Å². The zero-order valence-corrected chi connectivity index (χ0v) is 12.7. The molecule has 2 unspecified atom stereocenters. The normalized spacial score (nSPS) is 27.7. The first-order valence-corrected chi connectivity index (χ1v) is 8.37. The fourth-order valence-corrected chi connectivity index (χ4v) is 3.83. The summed E-state index contributed by atoms with van der Waals surface area (Å²) in [5.74, 6) is 1.47. The molecule has 0 bridgehead atoms. The lowest BCUT2D eigenvalue weighted by atomic mass is 9.84. The maximum atomic E-state index is 6.07. The molecular formula is C18H28N2. The lowest BCUT2D eigenvalue weighted by molar-refractivity contribution is 0.0960. The van der Waals surface area contributed by atoms with E-state index in [1.807, 2.05) is 0 Å². The summed E-state index contributed by atoms with van der Waals surface area (Å²) < 4.78 is 0. The van der Waals surface area contributed by atoms with Gasteiger partial charge in [0, 0.05) is 6.04 Å². The Morgan fingerprint density at radius 1 is 1.20 bits per heavy atom. The minimum atomic E-state index is 0.549. The molecule has 1 aliphatic heterocycles. The molecular weight excluding hydrogens is 244 g/mol. The van der Waals surface area contributed by atoms with E-state index in [1.54, 1.807) is 5.56 Å². The summed E-state index contributed by atoms with van der Waals surface area (Å²) >= 11 is 0. The maximum absolute atomic E-state index is 6.07. The van der Waals surface area contributed by atoms with Gasteiger partial charge in [-0.2, -0.15) is 0 Å². The first-order valence-electron chi connectivity index (χ1n) is 8.37. The first-order chi connectivity index (χ1) is 9.83. The molecule has 2 fully saturated rings. The fourth-order valence-electron chi connectivity index (χ4n) is 3.83. The van der Waals surface area contributed by atoms with Crippen molar-refractivity contribution >= 4 is 0 Å². The van der Waals surface area contributed by atoms with E-state index in [0.29, 0.717) is 12.0 Å². The summed E-state index contributed by atoms with van der Waals surface area (Å²) in [5.41, 5.74) is 9.14. The number of piperidine rings is 1. The maximum Gasteiger partial charge on any atom is 0.0388 e. The summed E-state index contributed by atoms with van der Waals surface area (Å²) in [6, 6.07) is 9.92. The zero-order valence-electron chi connectivity index (χ0n) is 12.7. The van der Waals surface area contributed by atoms with Crippen LogP contribution in [0.3, 0.4) is 0 Å². The van der Waals surface area contributed by atoms with Crippen molar-refractivity contribution in [2.24, 2.45) is 11.7 Å². The lowest BCUT2D eigenvalue weighted by Gasteiger charge is -2.41. The Bertz CT molecular complexity index is 437. The second-order valence-electron chi connectivity index (χ2n) is 6.56. The number of likely N-dealkylation sites (tertiary alicyclic amines) is 1. The first kappa shape index (κ1) is 14.1. The standard InChI is InChI=1S/C18H28N2/c1-2-10-20-11-4-7-17(13-19)18(20)16-6-3-5-15(12-16)14-8-9-14/h3,5-6,12,14,17-18H,2,4,7-11,13,19H2,1H3. The molecule has 2 heteroatoms. The predicted molar refractivity (Wildman–Crippen MR) is 84.8 cm³/mol. The van der Waals surface area contributed by atoms with Crippen molar-refractivity contribution in [2.45, 2.75) is 51.0 Å². The van der Waals surface area contributed by atoms with E-state index in [-0.39, 0.29) is 0 Å². The summed E-state index contributed by atoms with van der Waals surface area (Å²) in [4.78, 5) is 2.67. The van der Waals surface area contributed by atoms with Gasteiger partial charge in [-0.25, -0.2) is 0 Å². The number of hydrogen-bond donors (Lipinski definition) is 1. The molecule has 110 valence electrons. The third-order valence-corrected chi connectivity index (χ3v) is 4.97. The van der Waals surface area contributed by atoms with E-state index in [0.717, 1.165) is 12.5 Å². The molecule has 1 aromatic rings. The van der Waals surface area contributed by atoms with E-state index in [9.17, 15) is 0 Å². The van der Waals surface area contributed by atoms with E-state index in [1.165, 1.54) is 50.8 Å². The molecule has 2 N–H and O–H groups in total. The van der Waals surface area contributed by atoms with Gasteiger partial charge in [-0.1, -0.05) is 31.2 Å². The SMILES string of the molecule is CCCN1CCCC(CN)C1c1cccc(C2CC2)c1. The zero-order chi connectivity index (χ0) is 13.9. The van der Waals surface area contributed by atoms with Crippen LogP contribution in [0.25, 0.3) is 0 Å². The van der Waals surface area contributed by atoms with Gasteiger partial charge >= 0.3 is 0 Å². The highest BCUT2D eigenvalue weighted by Crippen LogP contribution is 2.42. The van der Waals surface area contributed by atoms with Gasteiger partial charge in [-0.05, 0) is 74.7 Å². The Morgan fingerprint density at radius 2 is 2.00 bits per heavy atom. The van der Waals surface area contributed by atoms with E-state index in [4.69, 9.17) is 5.73 Å². The van der Waals surface area contributed by atoms with Crippen molar-refractivity contribution in [1.82, 2.24) is 4.90 Å². The third-order valence-electron chi connectivity index (χ3n) is 4.97. The van der Waals surface area contributed by atoms with Crippen molar-refractivity contribution in [2.75, 3.05) is 19.6 Å². The minimum Gasteiger partial charge on any atom is -0.330 e. The fraction of sp³-hybridized carbons (Fsp3) is 0.667. The van der Waals surface area contributed by atoms with Crippen LogP contribution in [-0.4, -0.2) is 24.5 Å². The predicted octanol–water partition coefficient (Wildman–Crippen LogP) is 3.69. The van der Waals surface area contributed by atoms with Gasteiger partial charge in [-0.15, -0.1) is 0 Å². The van der Waals surface area contributed by atoms with Crippen molar-refractivity contribution in [1.29, 1.82) is 0 Å². The van der Waals surface area contributed by atoms with Crippen molar-refractivity contribution in [3.63, 3.8) is 0 Å². The van der Waals surface area contributed by atoms with Crippen molar-refractivity contribution in [3.05, 3.63) is 35.4 Å². The summed E-state index contributed by atoms with van der Waals surface area (Å²) in [5, 5.41) is 0. The van der Waals surface area contributed by atoms with Crippen LogP contribution in [0.15, 0.2) is 24.3 Å². The van der Waals surface area contributed by atoms with Gasteiger partial charge in [0.2, 0.25) is 0 Å². The smallest absolute Gasteiger partial charge is 0.0388 e. The van der Waals surface area contributed by atoms with Gasteiger partial charge in [0.05, 0.1) is 0 Å². The Kier molecular flexibility index (Phi) is 4.42. The minimum absolute atomic E-state index is 0.549. The number of nitrogens with zero attached hydrogens (tertiary/aromatic N) is 1. The highest BCUT2D eigenvalue weighted by Gasteiger charge is 2.32. The van der Waals surface area contributed by atoms with Gasteiger partial charge in [0.1, 0.15) is 0 Å². The van der Waals surface area contributed by atoms with Crippen LogP contribution in [-0.2, 0) is 0 Å². The summed E-state index contributed by atoms with van der Waals surface area (Å²) in [7, 11) is 0. The Morgan fingerprint density at radius 3 is 2.70 bits per heavy atom. The number of benzene rings is 1. The monoisotopic (exact) mass is 272 g/mol. The van der Waals surface area contributed by atoms with Crippen LogP contribution < -0.4 is 5.73 Å². The highest BCUT2D eigenvalue weighted by atomic mass is 15.2. The molecule has 1 heterocycles. The molecule has 0 amide bonds. The van der Waals surface area contributed by atoms with E-state index >= 15 is 0 Å². The van der Waals surface area contributed by atoms with Gasteiger partial charge < -0.3 is 5.73 Å². The molecule has 0 aromatic heterocycles. The average Bonchev–Trinajstić information content (AvgIpc) is 3.32. The molecule has 2 aliphatic rings. The number of hydrogen-bond acceptors (Lipinski definition) is 2. The lowest BCUT2D eigenvalue weighted by Crippen LogP contribution is -2.41. The molecule has 1 saturated carbocycles. The summed E-state index contributed by atoms with van der Waals surface area (Å²) in [6.07, 6.45) is 6.59. The van der Waals surface area contributed by atoms with Crippen LogP contribution in [0.1, 0.15) is 62.1 Å².